The number of amides is 1. The molecule has 2 aromatic rings. The van der Waals surface area contributed by atoms with Crippen LogP contribution in [0.15, 0.2) is 48.4 Å². The number of aromatic nitrogens is 1. The summed E-state index contributed by atoms with van der Waals surface area (Å²) in [4.78, 5) is 30.3. The van der Waals surface area contributed by atoms with E-state index in [1.54, 1.807) is 55.5 Å². The Morgan fingerprint density at radius 2 is 1.92 bits per heavy atom. The average Bonchev–Trinajstić information content (AvgIpc) is 2.80. The van der Waals surface area contributed by atoms with Crippen molar-refractivity contribution in [2.45, 2.75) is 6.92 Å². The second kappa shape index (κ2) is 6.40. The molecule has 1 aromatic heterocycles. The molecule has 2 heterocycles. The number of likely N-dealkylation sites (N-methyl/N-ethyl adjacent to an activating group) is 1. The number of rotatable bonds is 3. The number of thiocarbonyl (C=S) groups is 1. The van der Waals surface area contributed by atoms with Gasteiger partial charge in [-0.15, -0.1) is 0 Å². The third-order valence-electron chi connectivity index (χ3n) is 3.90. The normalized spacial score (nSPS) is 16.0. The SMILES string of the molecule is Cc1cc([N+](=O)[O-])ccc1N1C(=O)/C(=C\c2ccncc2)N(C)C1=S. The van der Waals surface area contributed by atoms with Gasteiger partial charge in [0, 0.05) is 31.6 Å². The quantitative estimate of drug-likeness (QED) is 0.365. The van der Waals surface area contributed by atoms with E-state index in [1.807, 2.05) is 0 Å². The van der Waals surface area contributed by atoms with Gasteiger partial charge in [-0.1, -0.05) is 0 Å². The first kappa shape index (κ1) is 16.7. The molecular formula is C17H14N4O3S. The number of anilines is 1. The highest BCUT2D eigenvalue weighted by Gasteiger charge is 2.37. The van der Waals surface area contributed by atoms with Gasteiger partial charge in [0.2, 0.25) is 0 Å². The van der Waals surface area contributed by atoms with E-state index < -0.39 is 4.92 Å². The molecular weight excluding hydrogens is 340 g/mol. The van der Waals surface area contributed by atoms with E-state index in [4.69, 9.17) is 12.2 Å². The van der Waals surface area contributed by atoms with Gasteiger partial charge in [0.05, 0.1) is 10.6 Å². The maximum Gasteiger partial charge on any atom is 0.281 e. The molecule has 1 aliphatic heterocycles. The molecule has 0 bridgehead atoms. The molecule has 3 rings (SSSR count). The summed E-state index contributed by atoms with van der Waals surface area (Å²) in [5.41, 5.74) is 2.36. The third-order valence-corrected chi connectivity index (χ3v) is 4.36. The Balaban J connectivity index is 2.02. The largest absolute Gasteiger partial charge is 0.317 e. The number of pyridine rings is 1. The molecule has 8 heteroatoms. The molecule has 0 unspecified atom stereocenters. The van der Waals surface area contributed by atoms with Gasteiger partial charge < -0.3 is 4.90 Å². The van der Waals surface area contributed by atoms with E-state index in [2.05, 4.69) is 4.98 Å². The third kappa shape index (κ3) is 2.99. The lowest BCUT2D eigenvalue weighted by Gasteiger charge is -2.18. The van der Waals surface area contributed by atoms with Crippen LogP contribution in [0.2, 0.25) is 0 Å². The monoisotopic (exact) mass is 354 g/mol. The molecule has 0 radical (unpaired) electrons. The molecule has 0 atom stereocenters. The topological polar surface area (TPSA) is 79.6 Å². The van der Waals surface area contributed by atoms with Crippen molar-refractivity contribution >= 4 is 40.7 Å². The molecule has 1 saturated heterocycles. The smallest absolute Gasteiger partial charge is 0.281 e. The van der Waals surface area contributed by atoms with Crippen LogP contribution in [0.4, 0.5) is 11.4 Å². The standard InChI is InChI=1S/C17H14N4O3S/c1-11-9-13(21(23)24)3-4-14(11)20-16(22)15(19(2)17(20)25)10-12-5-7-18-8-6-12/h3-10H,1-2H3/b15-10+. The summed E-state index contributed by atoms with van der Waals surface area (Å²) in [6.45, 7) is 1.71. The Morgan fingerprint density at radius 3 is 2.52 bits per heavy atom. The molecule has 126 valence electrons. The van der Waals surface area contributed by atoms with Gasteiger partial charge >= 0.3 is 0 Å². The molecule has 0 aliphatic carbocycles. The van der Waals surface area contributed by atoms with Crippen molar-refractivity contribution in [2.24, 2.45) is 0 Å². The first-order chi connectivity index (χ1) is 11.9. The zero-order valence-corrected chi connectivity index (χ0v) is 14.4. The number of hydrogen-bond donors (Lipinski definition) is 0. The van der Waals surface area contributed by atoms with Crippen molar-refractivity contribution < 1.29 is 9.72 Å². The van der Waals surface area contributed by atoms with Gasteiger partial charge in [0.15, 0.2) is 5.11 Å². The minimum atomic E-state index is -0.470. The number of nitrogens with zero attached hydrogens (tertiary/aromatic N) is 4. The highest BCUT2D eigenvalue weighted by atomic mass is 32.1. The van der Waals surface area contributed by atoms with Crippen LogP contribution in [0.3, 0.4) is 0 Å². The summed E-state index contributed by atoms with van der Waals surface area (Å²) < 4.78 is 0. The molecule has 7 nitrogen and oxygen atoms in total. The van der Waals surface area contributed by atoms with Crippen molar-refractivity contribution in [3.8, 4) is 0 Å². The number of non-ortho nitro benzene ring substituents is 1. The minimum Gasteiger partial charge on any atom is -0.317 e. The summed E-state index contributed by atoms with van der Waals surface area (Å²) in [5.74, 6) is -0.277. The van der Waals surface area contributed by atoms with Gasteiger partial charge in [0.25, 0.3) is 11.6 Å². The molecule has 1 amide bonds. The van der Waals surface area contributed by atoms with Crippen LogP contribution >= 0.6 is 12.2 Å². The van der Waals surface area contributed by atoms with Gasteiger partial charge in [-0.3, -0.25) is 24.8 Å². The number of carbonyl (C=O) groups is 1. The summed E-state index contributed by atoms with van der Waals surface area (Å²) >= 11 is 5.40. The fourth-order valence-electron chi connectivity index (χ4n) is 2.59. The summed E-state index contributed by atoms with van der Waals surface area (Å²) in [7, 11) is 1.72. The zero-order valence-electron chi connectivity index (χ0n) is 13.5. The lowest BCUT2D eigenvalue weighted by molar-refractivity contribution is -0.384. The predicted octanol–water partition coefficient (Wildman–Crippen LogP) is 2.90. The Hall–Kier alpha value is -3.13. The number of nitro groups is 1. The Morgan fingerprint density at radius 1 is 1.24 bits per heavy atom. The number of hydrogen-bond acceptors (Lipinski definition) is 5. The number of carbonyl (C=O) groups excluding carboxylic acids is 1. The highest BCUT2D eigenvalue weighted by Crippen LogP contribution is 2.31. The van der Waals surface area contributed by atoms with Gasteiger partial charge in [-0.05, 0) is 54.5 Å². The van der Waals surface area contributed by atoms with Crippen LogP contribution in [-0.2, 0) is 4.79 Å². The number of aryl methyl sites for hydroxylation is 1. The first-order valence-corrected chi connectivity index (χ1v) is 7.80. The van der Waals surface area contributed by atoms with Gasteiger partial charge in [-0.2, -0.15) is 0 Å². The van der Waals surface area contributed by atoms with Crippen LogP contribution in [0, 0.1) is 17.0 Å². The number of nitro benzene ring substituents is 1. The number of benzene rings is 1. The maximum absolute atomic E-state index is 12.9. The Kier molecular flexibility index (Phi) is 4.28. The fourth-order valence-corrected chi connectivity index (χ4v) is 2.87. The van der Waals surface area contributed by atoms with Crippen molar-refractivity contribution in [1.29, 1.82) is 0 Å². The van der Waals surface area contributed by atoms with E-state index in [9.17, 15) is 14.9 Å². The van der Waals surface area contributed by atoms with Crippen LogP contribution in [0.1, 0.15) is 11.1 Å². The Bertz CT molecular complexity index is 911. The molecule has 1 aromatic carbocycles. The van der Waals surface area contributed by atoms with E-state index >= 15 is 0 Å². The summed E-state index contributed by atoms with van der Waals surface area (Å²) in [6, 6.07) is 7.91. The van der Waals surface area contributed by atoms with E-state index in [-0.39, 0.29) is 11.6 Å². The van der Waals surface area contributed by atoms with Crippen LogP contribution in [0.5, 0.6) is 0 Å². The van der Waals surface area contributed by atoms with E-state index in [0.29, 0.717) is 22.1 Å². The van der Waals surface area contributed by atoms with Crippen LogP contribution in [-0.4, -0.2) is 32.9 Å². The van der Waals surface area contributed by atoms with E-state index in [1.165, 1.54) is 17.0 Å². The van der Waals surface area contributed by atoms with Crippen molar-refractivity contribution in [3.63, 3.8) is 0 Å². The molecule has 0 spiro atoms. The lowest BCUT2D eigenvalue weighted by Crippen LogP contribution is -2.31. The lowest BCUT2D eigenvalue weighted by atomic mass is 10.1. The molecule has 0 saturated carbocycles. The minimum absolute atomic E-state index is 0.0280. The average molecular weight is 354 g/mol. The Labute approximate surface area is 149 Å². The van der Waals surface area contributed by atoms with Gasteiger partial charge in [0.1, 0.15) is 5.70 Å². The van der Waals surface area contributed by atoms with E-state index in [0.717, 1.165) is 5.56 Å². The zero-order chi connectivity index (χ0) is 18.1. The highest BCUT2D eigenvalue weighted by molar-refractivity contribution is 7.80. The first-order valence-electron chi connectivity index (χ1n) is 7.39. The summed E-state index contributed by atoms with van der Waals surface area (Å²) in [5, 5.41) is 11.2. The molecule has 1 aliphatic rings. The van der Waals surface area contributed by atoms with Crippen LogP contribution in [0.25, 0.3) is 6.08 Å². The van der Waals surface area contributed by atoms with Crippen molar-refractivity contribution in [1.82, 2.24) is 9.88 Å². The van der Waals surface area contributed by atoms with Crippen LogP contribution < -0.4 is 4.90 Å². The van der Waals surface area contributed by atoms with Crippen molar-refractivity contribution in [3.05, 3.63) is 69.7 Å². The van der Waals surface area contributed by atoms with Crippen molar-refractivity contribution in [2.75, 3.05) is 11.9 Å². The predicted molar refractivity (Wildman–Crippen MR) is 97.9 cm³/mol. The molecule has 25 heavy (non-hydrogen) atoms. The fraction of sp³-hybridized carbons (Fsp3) is 0.118. The molecule has 0 N–H and O–H groups in total. The second-order valence-corrected chi connectivity index (χ2v) is 5.89. The van der Waals surface area contributed by atoms with Gasteiger partial charge in [-0.25, -0.2) is 0 Å². The second-order valence-electron chi connectivity index (χ2n) is 5.52. The molecule has 1 fully saturated rings. The summed E-state index contributed by atoms with van der Waals surface area (Å²) in [6.07, 6.45) is 5.02. The maximum atomic E-state index is 12.9.